The van der Waals surface area contributed by atoms with Crippen LogP contribution in [-0.2, 0) is 22.6 Å². The van der Waals surface area contributed by atoms with E-state index in [1.54, 1.807) is 0 Å². The standard InChI is InChI=1S/C19H24N4O2/c20-19(25)15-6-9-23(10-7-15)13-14-3-1-4-17(11-14)22-18(24)12-16-5-2-8-21-16/h1-5,8,11,15,21H,6-7,9-10,12-13H2,(H2,20,25)(H,22,24). The lowest BCUT2D eigenvalue weighted by molar-refractivity contribution is -0.123. The summed E-state index contributed by atoms with van der Waals surface area (Å²) >= 11 is 0. The minimum Gasteiger partial charge on any atom is -0.369 e. The Kier molecular flexibility index (Phi) is 5.50. The van der Waals surface area contributed by atoms with Crippen molar-refractivity contribution >= 4 is 17.5 Å². The summed E-state index contributed by atoms with van der Waals surface area (Å²) in [4.78, 5) is 28.7. The van der Waals surface area contributed by atoms with Gasteiger partial charge in [-0.3, -0.25) is 14.5 Å². The number of primary amides is 1. The van der Waals surface area contributed by atoms with Gasteiger partial charge in [-0.1, -0.05) is 12.1 Å². The van der Waals surface area contributed by atoms with E-state index >= 15 is 0 Å². The van der Waals surface area contributed by atoms with E-state index in [4.69, 9.17) is 5.73 Å². The number of amides is 2. The van der Waals surface area contributed by atoms with Gasteiger partial charge in [-0.2, -0.15) is 0 Å². The molecular weight excluding hydrogens is 316 g/mol. The number of benzene rings is 1. The van der Waals surface area contributed by atoms with Crippen molar-refractivity contribution in [2.75, 3.05) is 18.4 Å². The van der Waals surface area contributed by atoms with E-state index in [9.17, 15) is 9.59 Å². The van der Waals surface area contributed by atoms with Crippen molar-refractivity contribution in [2.45, 2.75) is 25.8 Å². The average molecular weight is 340 g/mol. The van der Waals surface area contributed by atoms with Crippen molar-refractivity contribution in [3.63, 3.8) is 0 Å². The molecule has 25 heavy (non-hydrogen) atoms. The van der Waals surface area contributed by atoms with Gasteiger partial charge in [0.25, 0.3) is 0 Å². The SMILES string of the molecule is NC(=O)C1CCN(Cc2cccc(NC(=O)Cc3ccc[nH]3)c2)CC1. The zero-order valence-corrected chi connectivity index (χ0v) is 14.2. The summed E-state index contributed by atoms with van der Waals surface area (Å²) in [5.74, 6) is -0.219. The molecule has 6 nitrogen and oxygen atoms in total. The van der Waals surface area contributed by atoms with Crippen LogP contribution >= 0.6 is 0 Å². The molecule has 0 aliphatic carbocycles. The zero-order valence-electron chi connectivity index (χ0n) is 14.2. The number of anilines is 1. The predicted molar refractivity (Wildman–Crippen MR) is 96.8 cm³/mol. The van der Waals surface area contributed by atoms with Crippen LogP contribution in [0.1, 0.15) is 24.1 Å². The Bertz CT molecular complexity index is 719. The number of nitrogens with one attached hydrogen (secondary N) is 2. The highest BCUT2D eigenvalue weighted by atomic mass is 16.2. The molecule has 1 aliphatic heterocycles. The van der Waals surface area contributed by atoms with Gasteiger partial charge in [0.2, 0.25) is 11.8 Å². The smallest absolute Gasteiger partial charge is 0.230 e. The Morgan fingerprint density at radius 1 is 1.20 bits per heavy atom. The summed E-state index contributed by atoms with van der Waals surface area (Å²) < 4.78 is 0. The van der Waals surface area contributed by atoms with Crippen LogP contribution in [0.2, 0.25) is 0 Å². The first kappa shape index (κ1) is 17.2. The molecule has 1 fully saturated rings. The van der Waals surface area contributed by atoms with E-state index in [-0.39, 0.29) is 17.7 Å². The van der Waals surface area contributed by atoms with Gasteiger partial charge < -0.3 is 16.0 Å². The van der Waals surface area contributed by atoms with Crippen LogP contribution in [0.15, 0.2) is 42.6 Å². The fraction of sp³-hybridized carbons (Fsp3) is 0.368. The second-order valence-electron chi connectivity index (χ2n) is 6.57. The molecule has 0 atom stereocenters. The van der Waals surface area contributed by atoms with E-state index in [1.807, 2.05) is 36.5 Å². The Morgan fingerprint density at radius 2 is 2.00 bits per heavy atom. The number of aromatic amines is 1. The number of aromatic nitrogens is 1. The highest BCUT2D eigenvalue weighted by Crippen LogP contribution is 2.20. The second kappa shape index (κ2) is 7.98. The maximum absolute atomic E-state index is 12.1. The van der Waals surface area contributed by atoms with E-state index < -0.39 is 0 Å². The van der Waals surface area contributed by atoms with Gasteiger partial charge in [0.1, 0.15) is 0 Å². The molecule has 2 heterocycles. The third-order valence-electron chi connectivity index (χ3n) is 4.62. The molecule has 0 saturated carbocycles. The lowest BCUT2D eigenvalue weighted by atomic mass is 9.96. The van der Waals surface area contributed by atoms with Crippen LogP contribution in [0.3, 0.4) is 0 Å². The maximum Gasteiger partial charge on any atom is 0.230 e. The van der Waals surface area contributed by atoms with Crippen molar-refractivity contribution in [1.82, 2.24) is 9.88 Å². The summed E-state index contributed by atoms with van der Waals surface area (Å²) in [6.45, 7) is 2.56. The molecule has 6 heteroatoms. The average Bonchev–Trinajstić information content (AvgIpc) is 3.08. The van der Waals surface area contributed by atoms with Crippen LogP contribution in [-0.4, -0.2) is 34.8 Å². The van der Waals surface area contributed by atoms with Crippen molar-refractivity contribution in [2.24, 2.45) is 11.7 Å². The first-order valence-electron chi connectivity index (χ1n) is 8.63. The molecule has 3 rings (SSSR count). The van der Waals surface area contributed by atoms with Crippen LogP contribution in [0.4, 0.5) is 5.69 Å². The zero-order chi connectivity index (χ0) is 17.6. The minimum atomic E-state index is -0.188. The third-order valence-corrected chi connectivity index (χ3v) is 4.62. The number of nitrogens with two attached hydrogens (primary N) is 1. The van der Waals surface area contributed by atoms with Crippen molar-refractivity contribution in [1.29, 1.82) is 0 Å². The van der Waals surface area contributed by atoms with Gasteiger partial charge >= 0.3 is 0 Å². The number of piperidine rings is 1. The van der Waals surface area contributed by atoms with E-state index in [0.29, 0.717) is 6.42 Å². The first-order valence-corrected chi connectivity index (χ1v) is 8.63. The quantitative estimate of drug-likeness (QED) is 0.750. The number of H-pyrrole nitrogens is 1. The van der Waals surface area contributed by atoms with E-state index in [0.717, 1.165) is 49.4 Å². The van der Waals surface area contributed by atoms with Gasteiger partial charge in [0.15, 0.2) is 0 Å². The molecule has 1 aromatic carbocycles. The number of hydrogen-bond donors (Lipinski definition) is 3. The summed E-state index contributed by atoms with van der Waals surface area (Å²) in [5, 5.41) is 2.94. The first-order chi connectivity index (χ1) is 12.1. The van der Waals surface area contributed by atoms with Crippen molar-refractivity contribution in [3.8, 4) is 0 Å². The van der Waals surface area contributed by atoms with Crippen LogP contribution in [0, 0.1) is 5.92 Å². The third kappa shape index (κ3) is 4.93. The summed E-state index contributed by atoms with van der Waals surface area (Å²) in [6, 6.07) is 11.7. The predicted octanol–water partition coefficient (Wildman–Crippen LogP) is 1.89. The molecule has 2 aromatic rings. The Morgan fingerprint density at radius 3 is 2.68 bits per heavy atom. The molecule has 132 valence electrons. The Labute approximate surface area is 147 Å². The second-order valence-corrected chi connectivity index (χ2v) is 6.57. The maximum atomic E-state index is 12.1. The van der Waals surface area contributed by atoms with Crippen molar-refractivity contribution in [3.05, 3.63) is 53.9 Å². The molecule has 2 amide bonds. The molecule has 0 unspecified atom stereocenters. The number of carbonyl (C=O) groups excluding carboxylic acids is 2. The van der Waals surface area contributed by atoms with Gasteiger partial charge in [0.05, 0.1) is 6.42 Å². The van der Waals surface area contributed by atoms with Crippen LogP contribution in [0.25, 0.3) is 0 Å². The van der Waals surface area contributed by atoms with Gasteiger partial charge in [0, 0.05) is 30.0 Å². The summed E-state index contributed by atoms with van der Waals surface area (Å²) in [5.41, 5.74) is 8.23. The molecule has 1 aromatic heterocycles. The highest BCUT2D eigenvalue weighted by molar-refractivity contribution is 5.92. The molecule has 0 spiro atoms. The van der Waals surface area contributed by atoms with Gasteiger partial charge in [-0.25, -0.2) is 0 Å². The Hall–Kier alpha value is -2.60. The van der Waals surface area contributed by atoms with E-state index in [1.165, 1.54) is 0 Å². The largest absolute Gasteiger partial charge is 0.369 e. The minimum absolute atomic E-state index is 0.00913. The van der Waals surface area contributed by atoms with E-state index in [2.05, 4.69) is 21.3 Å². The lowest BCUT2D eigenvalue weighted by Gasteiger charge is -2.30. The number of nitrogens with zero attached hydrogens (tertiary/aromatic N) is 1. The van der Waals surface area contributed by atoms with Gasteiger partial charge in [-0.15, -0.1) is 0 Å². The Balaban J connectivity index is 1.53. The number of likely N-dealkylation sites (tertiary alicyclic amines) is 1. The summed E-state index contributed by atoms with van der Waals surface area (Å²) in [6.07, 6.45) is 3.78. The topological polar surface area (TPSA) is 91.2 Å². The number of hydrogen-bond acceptors (Lipinski definition) is 3. The lowest BCUT2D eigenvalue weighted by Crippen LogP contribution is -2.38. The molecule has 1 aliphatic rings. The molecule has 0 bridgehead atoms. The fourth-order valence-corrected chi connectivity index (χ4v) is 3.24. The molecule has 4 N–H and O–H groups in total. The normalized spacial score (nSPS) is 15.8. The summed E-state index contributed by atoms with van der Waals surface area (Å²) in [7, 11) is 0. The highest BCUT2D eigenvalue weighted by Gasteiger charge is 2.22. The van der Waals surface area contributed by atoms with Gasteiger partial charge in [-0.05, 0) is 55.8 Å². The van der Waals surface area contributed by atoms with Crippen LogP contribution < -0.4 is 11.1 Å². The fourth-order valence-electron chi connectivity index (χ4n) is 3.24. The molecule has 0 radical (unpaired) electrons. The van der Waals surface area contributed by atoms with Crippen molar-refractivity contribution < 1.29 is 9.59 Å². The monoisotopic (exact) mass is 340 g/mol. The van der Waals surface area contributed by atoms with Crippen LogP contribution in [0.5, 0.6) is 0 Å². The molecule has 1 saturated heterocycles. The number of carbonyl (C=O) groups is 2. The molecular formula is C19H24N4O2. The number of rotatable bonds is 6.